The SMILES string of the molecule is COc1cccc(COP(Oc2ccccc2C=O)Oc2ccccc2C=O)c1OP(Oc1ccccc1C=O)Oc1ccccc1C=O. The van der Waals surface area contributed by atoms with E-state index in [1.165, 1.54) is 7.11 Å². The van der Waals surface area contributed by atoms with Gasteiger partial charge in [-0.15, -0.1) is 0 Å². The van der Waals surface area contributed by atoms with Crippen LogP contribution < -0.4 is 27.4 Å². The van der Waals surface area contributed by atoms with E-state index in [1.807, 2.05) is 0 Å². The molecule has 5 rings (SSSR count). The molecule has 0 saturated carbocycles. The molecular formula is C36H28O11P2. The summed E-state index contributed by atoms with van der Waals surface area (Å²) in [6, 6.07) is 31.2. The molecule has 0 saturated heterocycles. The van der Waals surface area contributed by atoms with Gasteiger partial charge in [-0.2, -0.15) is 0 Å². The van der Waals surface area contributed by atoms with Gasteiger partial charge in [-0.05, 0) is 54.6 Å². The number of hydrogen-bond acceptors (Lipinski definition) is 11. The van der Waals surface area contributed by atoms with Crippen LogP contribution in [0.2, 0.25) is 0 Å². The average Bonchev–Trinajstić information content (AvgIpc) is 3.15. The van der Waals surface area contributed by atoms with Gasteiger partial charge in [0.15, 0.2) is 36.6 Å². The lowest BCUT2D eigenvalue weighted by Crippen LogP contribution is -2.08. The van der Waals surface area contributed by atoms with Crippen molar-refractivity contribution in [2.45, 2.75) is 6.61 Å². The quantitative estimate of drug-likeness (QED) is 0.0643. The lowest BCUT2D eigenvalue weighted by atomic mass is 10.2. The molecule has 0 heterocycles. The third kappa shape index (κ3) is 9.06. The van der Waals surface area contributed by atoms with E-state index in [1.54, 1.807) is 115 Å². The number of methoxy groups -OCH3 is 1. The summed E-state index contributed by atoms with van der Waals surface area (Å²) in [6.07, 6.45) is 2.56. The van der Waals surface area contributed by atoms with E-state index < -0.39 is 17.2 Å². The molecule has 248 valence electrons. The second kappa shape index (κ2) is 17.5. The Morgan fingerprint density at radius 1 is 0.449 bits per heavy atom. The second-order valence-corrected chi connectivity index (χ2v) is 11.8. The van der Waals surface area contributed by atoms with Gasteiger partial charge in [0.25, 0.3) is 0 Å². The molecule has 0 radical (unpaired) electrons. The van der Waals surface area contributed by atoms with Gasteiger partial charge >= 0.3 is 17.2 Å². The van der Waals surface area contributed by atoms with Crippen LogP contribution in [0, 0.1) is 0 Å². The Hall–Kier alpha value is -5.60. The lowest BCUT2D eigenvalue weighted by molar-refractivity contribution is 0.111. The van der Waals surface area contributed by atoms with E-state index in [2.05, 4.69) is 0 Å². The van der Waals surface area contributed by atoms with Crippen LogP contribution in [0.4, 0.5) is 0 Å². The van der Waals surface area contributed by atoms with Gasteiger partial charge in [-0.3, -0.25) is 23.7 Å². The second-order valence-electron chi connectivity index (χ2n) is 9.75. The summed E-state index contributed by atoms with van der Waals surface area (Å²) >= 11 is 0. The van der Waals surface area contributed by atoms with Crippen molar-refractivity contribution in [3.63, 3.8) is 0 Å². The summed E-state index contributed by atoms with van der Waals surface area (Å²) in [5.74, 6) is 1.25. The predicted octanol–water partition coefficient (Wildman–Crippen LogP) is 8.61. The minimum Gasteiger partial charge on any atom is -0.493 e. The molecule has 5 aromatic carbocycles. The van der Waals surface area contributed by atoms with Crippen LogP contribution in [0.15, 0.2) is 115 Å². The summed E-state index contributed by atoms with van der Waals surface area (Å²) in [4.78, 5) is 47.0. The number of benzene rings is 5. The van der Waals surface area contributed by atoms with Crippen LogP contribution >= 0.6 is 17.2 Å². The first kappa shape index (κ1) is 34.7. The number of para-hydroxylation sites is 5. The fourth-order valence-corrected chi connectivity index (χ4v) is 6.39. The van der Waals surface area contributed by atoms with Gasteiger partial charge in [-0.25, -0.2) is 0 Å². The van der Waals surface area contributed by atoms with Crippen molar-refractivity contribution in [2.24, 2.45) is 0 Å². The van der Waals surface area contributed by atoms with Gasteiger partial charge in [-0.1, -0.05) is 60.7 Å². The molecule has 0 aliphatic carbocycles. The van der Waals surface area contributed by atoms with Gasteiger partial charge < -0.3 is 27.4 Å². The maximum absolute atomic E-state index is 11.8. The average molecular weight is 699 g/mol. The molecular weight excluding hydrogens is 670 g/mol. The highest BCUT2D eigenvalue weighted by Crippen LogP contribution is 2.49. The van der Waals surface area contributed by atoms with E-state index in [0.29, 0.717) is 30.7 Å². The van der Waals surface area contributed by atoms with Gasteiger partial charge in [0, 0.05) is 5.56 Å². The molecule has 0 atom stereocenters. The largest absolute Gasteiger partial charge is 0.530 e. The molecule has 0 fully saturated rings. The van der Waals surface area contributed by atoms with Crippen molar-refractivity contribution in [1.82, 2.24) is 0 Å². The molecule has 0 aliphatic heterocycles. The summed E-state index contributed by atoms with van der Waals surface area (Å²) in [6.45, 7) is -0.177. The lowest BCUT2D eigenvalue weighted by Gasteiger charge is -2.23. The first-order valence-corrected chi connectivity index (χ1v) is 16.7. The highest BCUT2D eigenvalue weighted by molar-refractivity contribution is 7.43. The zero-order valence-electron chi connectivity index (χ0n) is 25.9. The highest BCUT2D eigenvalue weighted by Gasteiger charge is 2.28. The van der Waals surface area contributed by atoms with Crippen molar-refractivity contribution in [2.75, 3.05) is 7.11 Å². The topological polar surface area (TPSA) is 133 Å². The van der Waals surface area contributed by atoms with E-state index in [9.17, 15) is 19.2 Å². The number of aldehydes is 4. The first-order valence-electron chi connectivity index (χ1n) is 14.5. The Morgan fingerprint density at radius 2 is 0.816 bits per heavy atom. The monoisotopic (exact) mass is 698 g/mol. The van der Waals surface area contributed by atoms with Crippen LogP contribution in [-0.2, 0) is 11.1 Å². The number of rotatable bonds is 18. The van der Waals surface area contributed by atoms with Crippen molar-refractivity contribution < 1.29 is 51.1 Å². The minimum atomic E-state index is -2.38. The zero-order valence-corrected chi connectivity index (χ0v) is 27.7. The maximum atomic E-state index is 11.8. The van der Waals surface area contributed by atoms with Crippen molar-refractivity contribution >= 4 is 42.3 Å². The van der Waals surface area contributed by atoms with Gasteiger partial charge in [0.1, 0.15) is 23.0 Å². The molecule has 0 bridgehead atoms. The first-order chi connectivity index (χ1) is 24.1. The summed E-state index contributed by atoms with van der Waals surface area (Å²) in [5.41, 5.74) is 1.48. The van der Waals surface area contributed by atoms with Gasteiger partial charge in [0.2, 0.25) is 0 Å². The molecule has 0 aliphatic rings. The van der Waals surface area contributed by atoms with Crippen LogP contribution in [0.3, 0.4) is 0 Å². The molecule has 0 N–H and O–H groups in total. The van der Waals surface area contributed by atoms with E-state index in [4.69, 9.17) is 31.9 Å². The number of carbonyl (C=O) groups excluding carboxylic acids is 4. The van der Waals surface area contributed by atoms with Crippen molar-refractivity contribution in [3.05, 3.63) is 143 Å². The third-order valence-electron chi connectivity index (χ3n) is 6.65. The molecule has 0 unspecified atom stereocenters. The number of hydrogen-bond donors (Lipinski definition) is 0. The molecule has 0 aromatic heterocycles. The summed E-state index contributed by atoms with van der Waals surface area (Å²) < 4.78 is 42.4. The smallest absolute Gasteiger partial charge is 0.493 e. The fraction of sp³-hybridized carbons (Fsp3) is 0.0556. The summed E-state index contributed by atoms with van der Waals surface area (Å²) in [7, 11) is -3.20. The molecule has 0 spiro atoms. The molecule has 49 heavy (non-hydrogen) atoms. The predicted molar refractivity (Wildman–Crippen MR) is 182 cm³/mol. The van der Waals surface area contributed by atoms with E-state index >= 15 is 0 Å². The van der Waals surface area contributed by atoms with Crippen LogP contribution in [0.1, 0.15) is 47.0 Å². The zero-order chi connectivity index (χ0) is 34.4. The van der Waals surface area contributed by atoms with E-state index in [-0.39, 0.29) is 63.4 Å². The van der Waals surface area contributed by atoms with E-state index in [0.717, 1.165) is 0 Å². The maximum Gasteiger partial charge on any atom is 0.530 e. The highest BCUT2D eigenvalue weighted by atomic mass is 31.2. The fourth-order valence-electron chi connectivity index (χ4n) is 4.23. The Kier molecular flexibility index (Phi) is 12.4. The molecule has 5 aromatic rings. The van der Waals surface area contributed by atoms with Gasteiger partial charge in [0.05, 0.1) is 36.0 Å². The number of carbonyl (C=O) groups is 4. The standard InChI is InChI=1S/C36H28O11P2/c1-41-35-20-10-15-30(25-42-48(43-31-16-6-2-11-26(31)21-37)44-32-17-7-3-12-27(32)22-38)36(35)47-49(45-33-18-8-4-13-28(33)23-39)46-34-19-9-5-14-29(34)24-40/h2-24H,25H2,1H3. The normalized spacial score (nSPS) is 10.6. The molecule has 13 heteroatoms. The van der Waals surface area contributed by atoms with Crippen molar-refractivity contribution in [3.8, 4) is 34.5 Å². The Balaban J connectivity index is 1.47. The minimum absolute atomic E-state index is 0.166. The summed E-state index contributed by atoms with van der Waals surface area (Å²) in [5, 5.41) is 0. The number of ether oxygens (including phenoxy) is 1. The van der Waals surface area contributed by atoms with Crippen LogP contribution in [-0.4, -0.2) is 32.3 Å². The Morgan fingerprint density at radius 3 is 1.20 bits per heavy atom. The van der Waals surface area contributed by atoms with Crippen molar-refractivity contribution in [1.29, 1.82) is 0 Å². The van der Waals surface area contributed by atoms with Crippen LogP contribution in [0.5, 0.6) is 34.5 Å². The molecule has 0 amide bonds. The molecule has 11 nitrogen and oxygen atoms in total. The Bertz CT molecular complexity index is 1810. The van der Waals surface area contributed by atoms with Crippen LogP contribution in [0.25, 0.3) is 0 Å². The Labute approximate surface area is 284 Å². The third-order valence-corrected chi connectivity index (χ3v) is 8.70.